The Morgan fingerprint density at radius 2 is 2.00 bits per heavy atom. The zero-order chi connectivity index (χ0) is 20.9. The van der Waals surface area contributed by atoms with Gasteiger partial charge in [0.05, 0.1) is 7.11 Å². The number of hydrogen-bond donors (Lipinski definition) is 2. The first-order valence-corrected chi connectivity index (χ1v) is 11.1. The van der Waals surface area contributed by atoms with E-state index in [-0.39, 0.29) is 17.0 Å². The van der Waals surface area contributed by atoms with Gasteiger partial charge in [-0.15, -0.1) is 0 Å². The second-order valence-electron chi connectivity index (χ2n) is 10.5. The molecule has 1 heterocycles. The summed E-state index contributed by atoms with van der Waals surface area (Å²) in [5, 5.41) is 7.14. The van der Waals surface area contributed by atoms with Crippen molar-refractivity contribution in [3.8, 4) is 5.75 Å². The highest BCUT2D eigenvalue weighted by Gasteiger charge is 2.72. The van der Waals surface area contributed by atoms with E-state index in [9.17, 15) is 4.79 Å². The van der Waals surface area contributed by atoms with Crippen molar-refractivity contribution in [2.45, 2.75) is 95.9 Å². The molecule has 5 heteroatoms. The molecule has 0 saturated heterocycles. The van der Waals surface area contributed by atoms with Gasteiger partial charge in [0.15, 0.2) is 0 Å². The number of unbranched alkanes of at least 4 members (excludes halogenated alkanes) is 1. The number of carbonyl (C=O) groups is 1. The Hall–Kier alpha value is -1.75. The summed E-state index contributed by atoms with van der Waals surface area (Å²) in [6.07, 6.45) is 7.56. The van der Waals surface area contributed by atoms with E-state index in [0.29, 0.717) is 12.1 Å². The minimum absolute atomic E-state index is 0.0625. The predicted octanol–water partition coefficient (Wildman–Crippen LogP) is 4.89. The largest absolute Gasteiger partial charge is 0.497 e. The van der Waals surface area contributed by atoms with Gasteiger partial charge < -0.3 is 20.1 Å². The van der Waals surface area contributed by atoms with Gasteiger partial charge in [-0.1, -0.05) is 25.8 Å². The second-order valence-corrected chi connectivity index (χ2v) is 10.5. The molecule has 160 valence electrons. The third-order valence-corrected chi connectivity index (χ3v) is 6.89. The molecule has 0 aromatic heterocycles. The normalized spacial score (nSPS) is 32.4. The van der Waals surface area contributed by atoms with Crippen molar-refractivity contribution >= 4 is 6.09 Å². The van der Waals surface area contributed by atoms with Crippen molar-refractivity contribution < 1.29 is 14.3 Å². The Balaban J connectivity index is 1.47. The van der Waals surface area contributed by atoms with Gasteiger partial charge in [0.1, 0.15) is 11.4 Å². The Labute approximate surface area is 174 Å². The third kappa shape index (κ3) is 3.86. The summed E-state index contributed by atoms with van der Waals surface area (Å²) in [5.74, 6) is 0.944. The topological polar surface area (TPSA) is 59.6 Å². The van der Waals surface area contributed by atoms with E-state index in [2.05, 4.69) is 35.8 Å². The lowest BCUT2D eigenvalue weighted by atomic mass is 9.36. The standard InChI is InChI=1S/C24H36N2O3/c1-6-7-8-17-11-16-12-18(28-5)9-10-19(16)20(25-17)23-13-24(14-23,15-23)26-21(27)29-22(2,3)4/h9-10,12,17,20,25H,6-8,11,13-15H2,1-5H3,(H,26,27)/t17-,20+,23?,24?/m0/s1. The summed E-state index contributed by atoms with van der Waals surface area (Å²) in [5.41, 5.74) is 2.58. The first-order valence-electron chi connectivity index (χ1n) is 11.1. The monoisotopic (exact) mass is 400 g/mol. The van der Waals surface area contributed by atoms with Gasteiger partial charge in [0.2, 0.25) is 0 Å². The molecular weight excluding hydrogens is 364 g/mol. The number of rotatable bonds is 6. The molecule has 2 N–H and O–H groups in total. The minimum atomic E-state index is -0.458. The molecule has 2 atom stereocenters. The van der Waals surface area contributed by atoms with Crippen LogP contribution >= 0.6 is 0 Å². The van der Waals surface area contributed by atoms with E-state index in [0.717, 1.165) is 31.4 Å². The molecule has 0 unspecified atom stereocenters. The molecule has 0 spiro atoms. The smallest absolute Gasteiger partial charge is 0.408 e. The summed E-state index contributed by atoms with van der Waals surface area (Å²) in [6, 6.07) is 7.43. The molecule has 0 radical (unpaired) electrons. The summed E-state index contributed by atoms with van der Waals surface area (Å²) in [7, 11) is 1.74. The number of nitrogens with one attached hydrogen (secondary N) is 2. The fraction of sp³-hybridized carbons (Fsp3) is 0.708. The molecule has 1 aromatic carbocycles. The average molecular weight is 401 g/mol. The first kappa shape index (κ1) is 20.5. The summed E-state index contributed by atoms with van der Waals surface area (Å²) < 4.78 is 11.0. The van der Waals surface area contributed by atoms with Gasteiger partial charge in [-0.3, -0.25) is 0 Å². The van der Waals surface area contributed by atoms with Gasteiger partial charge in [0, 0.05) is 17.6 Å². The van der Waals surface area contributed by atoms with Crippen molar-refractivity contribution in [3.05, 3.63) is 29.3 Å². The maximum atomic E-state index is 12.2. The second kappa shape index (κ2) is 7.19. The van der Waals surface area contributed by atoms with Crippen LogP contribution in [0.3, 0.4) is 0 Å². The Bertz CT molecular complexity index is 763. The molecule has 5 rings (SSSR count). The van der Waals surface area contributed by atoms with Crippen LogP contribution in [0.5, 0.6) is 5.75 Å². The lowest BCUT2D eigenvalue weighted by Crippen LogP contribution is -2.78. The number of benzene rings is 1. The van der Waals surface area contributed by atoms with Crippen molar-refractivity contribution in [3.63, 3.8) is 0 Å². The quantitative estimate of drug-likeness (QED) is 0.714. The van der Waals surface area contributed by atoms with Crippen LogP contribution in [-0.4, -0.2) is 30.4 Å². The Kier molecular flexibility index (Phi) is 5.09. The van der Waals surface area contributed by atoms with Crippen LogP contribution in [0.15, 0.2) is 18.2 Å². The van der Waals surface area contributed by atoms with E-state index in [1.54, 1.807) is 7.11 Å². The van der Waals surface area contributed by atoms with Crippen LogP contribution in [0.2, 0.25) is 0 Å². The minimum Gasteiger partial charge on any atom is -0.497 e. The van der Waals surface area contributed by atoms with Gasteiger partial charge in [-0.25, -0.2) is 4.79 Å². The van der Waals surface area contributed by atoms with Crippen LogP contribution in [0.25, 0.3) is 0 Å². The maximum Gasteiger partial charge on any atom is 0.408 e. The summed E-state index contributed by atoms with van der Waals surface area (Å²) in [4.78, 5) is 12.2. The fourth-order valence-electron chi connectivity index (χ4n) is 5.79. The average Bonchev–Trinajstić information content (AvgIpc) is 2.59. The fourth-order valence-corrected chi connectivity index (χ4v) is 5.79. The Morgan fingerprint density at radius 1 is 1.28 bits per heavy atom. The molecule has 3 saturated carbocycles. The molecule has 3 fully saturated rings. The zero-order valence-corrected chi connectivity index (χ0v) is 18.6. The lowest BCUT2D eigenvalue weighted by molar-refractivity contribution is -0.177. The number of ether oxygens (including phenoxy) is 2. The van der Waals surface area contributed by atoms with E-state index in [4.69, 9.17) is 9.47 Å². The molecule has 1 aliphatic heterocycles. The van der Waals surface area contributed by atoms with Gasteiger partial charge in [-0.2, -0.15) is 0 Å². The first-order chi connectivity index (χ1) is 13.7. The van der Waals surface area contributed by atoms with Crippen LogP contribution in [-0.2, 0) is 11.2 Å². The SMILES string of the molecule is CCCC[C@H]1Cc2cc(OC)ccc2[C@H](C23CC(NC(=O)OC(C)(C)C)(C2)C3)N1. The van der Waals surface area contributed by atoms with Crippen LogP contribution in [0, 0.1) is 5.41 Å². The highest BCUT2D eigenvalue weighted by atomic mass is 16.6. The predicted molar refractivity (Wildman–Crippen MR) is 114 cm³/mol. The van der Waals surface area contributed by atoms with Crippen molar-refractivity contribution in [1.82, 2.24) is 10.6 Å². The molecule has 1 amide bonds. The highest BCUT2D eigenvalue weighted by molar-refractivity contribution is 5.70. The summed E-state index contributed by atoms with van der Waals surface area (Å²) >= 11 is 0. The Morgan fingerprint density at radius 3 is 2.62 bits per heavy atom. The number of hydrogen-bond acceptors (Lipinski definition) is 4. The molecule has 4 aliphatic rings. The maximum absolute atomic E-state index is 12.2. The van der Waals surface area contributed by atoms with Crippen molar-refractivity contribution in [2.75, 3.05) is 7.11 Å². The molecule has 2 bridgehead atoms. The van der Waals surface area contributed by atoms with Crippen molar-refractivity contribution in [1.29, 1.82) is 0 Å². The molecule has 1 aromatic rings. The van der Waals surface area contributed by atoms with E-state index in [1.165, 1.54) is 30.4 Å². The summed E-state index contributed by atoms with van der Waals surface area (Å²) in [6.45, 7) is 7.97. The zero-order valence-electron chi connectivity index (χ0n) is 18.6. The van der Waals surface area contributed by atoms with Gasteiger partial charge >= 0.3 is 6.09 Å². The number of amides is 1. The molecule has 29 heavy (non-hydrogen) atoms. The van der Waals surface area contributed by atoms with Crippen molar-refractivity contribution in [2.24, 2.45) is 5.41 Å². The number of fused-ring (bicyclic) bond motifs is 1. The molecular formula is C24H36N2O3. The highest BCUT2D eigenvalue weighted by Crippen LogP contribution is 2.72. The molecule has 5 nitrogen and oxygen atoms in total. The van der Waals surface area contributed by atoms with Crippen LogP contribution in [0.4, 0.5) is 4.79 Å². The van der Waals surface area contributed by atoms with E-state index >= 15 is 0 Å². The third-order valence-electron chi connectivity index (χ3n) is 6.89. The van der Waals surface area contributed by atoms with Gasteiger partial charge in [0.25, 0.3) is 0 Å². The number of carbonyl (C=O) groups excluding carboxylic acids is 1. The van der Waals surface area contributed by atoms with Crippen LogP contribution < -0.4 is 15.4 Å². The van der Waals surface area contributed by atoms with E-state index in [1.807, 2.05) is 20.8 Å². The number of alkyl carbamates (subject to hydrolysis) is 1. The lowest BCUT2D eigenvalue weighted by Gasteiger charge is -2.73. The molecule has 3 aliphatic carbocycles. The van der Waals surface area contributed by atoms with Crippen LogP contribution in [0.1, 0.15) is 83.4 Å². The van der Waals surface area contributed by atoms with Gasteiger partial charge in [-0.05, 0) is 81.5 Å². The van der Waals surface area contributed by atoms with E-state index < -0.39 is 5.60 Å². The number of methoxy groups -OCH3 is 1.